The molecule has 0 aromatic heterocycles. The lowest BCUT2D eigenvalue weighted by Crippen LogP contribution is -2.43. The monoisotopic (exact) mass is 536 g/mol. The number of oxime groups is 1. The predicted octanol–water partition coefficient (Wildman–Crippen LogP) is 7.12. The third-order valence-electron chi connectivity index (χ3n) is 7.69. The van der Waals surface area contributed by atoms with Crippen molar-refractivity contribution >= 4 is 62.4 Å². The van der Waals surface area contributed by atoms with Crippen LogP contribution in [0, 0.1) is 16.2 Å². The number of carbonyl (C=O) groups is 2. The van der Waals surface area contributed by atoms with E-state index in [0.717, 1.165) is 16.6 Å². The molecule has 2 unspecified atom stereocenters. The third-order valence-corrected chi connectivity index (χ3v) is 8.85. The van der Waals surface area contributed by atoms with Crippen LogP contribution in [0.25, 0.3) is 0 Å². The zero-order valence-electron chi connectivity index (χ0n) is 18.0. The summed E-state index contributed by atoms with van der Waals surface area (Å²) >= 11 is 15.9. The number of rotatable bonds is 4. The van der Waals surface area contributed by atoms with Crippen LogP contribution in [0.15, 0.2) is 52.1 Å². The second-order valence-corrected chi connectivity index (χ2v) is 10.9. The number of hydrogen-bond acceptors (Lipinski definition) is 4. The van der Waals surface area contributed by atoms with Gasteiger partial charge in [0.25, 0.3) is 0 Å². The number of amides is 1. The van der Waals surface area contributed by atoms with Crippen molar-refractivity contribution in [3.05, 3.63) is 62.5 Å². The highest BCUT2D eigenvalue weighted by molar-refractivity contribution is 9.10. The molecule has 32 heavy (non-hydrogen) atoms. The first-order valence-corrected chi connectivity index (χ1v) is 11.9. The van der Waals surface area contributed by atoms with Crippen molar-refractivity contribution in [2.75, 3.05) is 5.32 Å². The molecule has 2 bridgehead atoms. The van der Waals surface area contributed by atoms with Crippen LogP contribution in [0.4, 0.5) is 5.69 Å². The molecule has 2 fully saturated rings. The number of anilines is 1. The molecule has 0 aliphatic heterocycles. The zero-order chi connectivity index (χ0) is 23.3. The largest absolute Gasteiger partial charge is 0.365 e. The lowest BCUT2D eigenvalue weighted by molar-refractivity contribution is -0.130. The molecule has 1 N–H and O–H groups in total. The maximum Gasteiger partial charge on any atom is 0.365 e. The van der Waals surface area contributed by atoms with Crippen molar-refractivity contribution in [3.63, 3.8) is 0 Å². The van der Waals surface area contributed by atoms with Gasteiger partial charge in [0.2, 0.25) is 5.91 Å². The summed E-state index contributed by atoms with van der Waals surface area (Å²) < 4.78 is 0.870. The molecule has 5 nitrogen and oxygen atoms in total. The van der Waals surface area contributed by atoms with Gasteiger partial charge in [0, 0.05) is 16.3 Å². The van der Waals surface area contributed by atoms with Crippen LogP contribution in [0.5, 0.6) is 0 Å². The minimum Gasteiger partial charge on any atom is -0.323 e. The molecule has 2 aliphatic rings. The molecule has 4 rings (SSSR count). The van der Waals surface area contributed by atoms with E-state index in [1.54, 1.807) is 42.5 Å². The van der Waals surface area contributed by atoms with Crippen LogP contribution < -0.4 is 5.32 Å². The number of nitrogens with zero attached hydrogens (tertiary/aromatic N) is 1. The molecule has 0 heterocycles. The van der Waals surface area contributed by atoms with E-state index in [4.69, 9.17) is 28.0 Å². The Labute approximate surface area is 205 Å². The molecular formula is C24H23BrCl2N2O3. The number of nitrogens with one attached hydrogen (secondary N) is 1. The van der Waals surface area contributed by atoms with Gasteiger partial charge in [-0.3, -0.25) is 4.79 Å². The molecule has 168 valence electrons. The van der Waals surface area contributed by atoms with Crippen LogP contribution in [0.1, 0.15) is 50.4 Å². The highest BCUT2D eigenvalue weighted by Crippen LogP contribution is 2.71. The summed E-state index contributed by atoms with van der Waals surface area (Å²) in [7, 11) is 0. The van der Waals surface area contributed by atoms with E-state index in [1.807, 2.05) is 0 Å². The SMILES string of the molecule is CC12CCC(C(=O)Nc3c(Cl)cccc3Cl)(C/C1=N\OC(=O)c1ccc(Br)cc1)C2(C)C. The number of para-hydroxylation sites is 1. The van der Waals surface area contributed by atoms with Crippen LogP contribution in [0.3, 0.4) is 0 Å². The first-order valence-electron chi connectivity index (χ1n) is 10.3. The Kier molecular flexibility index (Phi) is 5.93. The second-order valence-electron chi connectivity index (χ2n) is 9.19. The molecular weight excluding hydrogens is 515 g/mol. The molecule has 2 aromatic rings. The summed E-state index contributed by atoms with van der Waals surface area (Å²) in [5.41, 5.74) is 0.0276. The maximum absolute atomic E-state index is 13.6. The smallest absolute Gasteiger partial charge is 0.323 e. The standard InChI is InChI=1S/C24H23BrCl2N2O3/c1-22(2)23(3)11-12-24(22,21(31)28-19-16(26)5-4-6-17(19)27)13-18(23)29-32-20(30)14-7-9-15(25)10-8-14/h4-10H,11-13H2,1-3H3,(H,28,31)/b29-18+. The Balaban J connectivity index is 1.61. The summed E-state index contributed by atoms with van der Waals surface area (Å²) in [5.74, 6) is -0.679. The number of fused-ring (bicyclic) bond motifs is 2. The number of carbonyl (C=O) groups excluding carboxylic acids is 2. The maximum atomic E-state index is 13.6. The fraction of sp³-hybridized carbons (Fsp3) is 0.375. The van der Waals surface area contributed by atoms with E-state index in [0.29, 0.717) is 34.1 Å². The van der Waals surface area contributed by atoms with E-state index >= 15 is 0 Å². The fourth-order valence-electron chi connectivity index (χ4n) is 5.11. The van der Waals surface area contributed by atoms with Gasteiger partial charge in [-0.2, -0.15) is 0 Å². The Morgan fingerprint density at radius 3 is 2.28 bits per heavy atom. The molecule has 2 saturated carbocycles. The van der Waals surface area contributed by atoms with Gasteiger partial charge in [-0.1, -0.05) is 71.1 Å². The minimum absolute atomic E-state index is 0.148. The second kappa shape index (κ2) is 8.15. The van der Waals surface area contributed by atoms with Crippen molar-refractivity contribution in [3.8, 4) is 0 Å². The van der Waals surface area contributed by atoms with Crippen LogP contribution in [-0.2, 0) is 9.63 Å². The quantitative estimate of drug-likeness (QED) is 0.333. The van der Waals surface area contributed by atoms with Gasteiger partial charge in [0.05, 0.1) is 32.4 Å². The first kappa shape index (κ1) is 23.3. The molecule has 0 radical (unpaired) electrons. The Morgan fingerprint density at radius 1 is 1.03 bits per heavy atom. The topological polar surface area (TPSA) is 67.8 Å². The summed E-state index contributed by atoms with van der Waals surface area (Å²) in [6, 6.07) is 12.0. The summed E-state index contributed by atoms with van der Waals surface area (Å²) in [5, 5.41) is 7.99. The van der Waals surface area contributed by atoms with Crippen molar-refractivity contribution in [1.82, 2.24) is 0 Å². The zero-order valence-corrected chi connectivity index (χ0v) is 21.1. The highest BCUT2D eigenvalue weighted by Gasteiger charge is 2.71. The lowest BCUT2D eigenvalue weighted by Gasteiger charge is -2.39. The lowest BCUT2D eigenvalue weighted by atomic mass is 9.64. The van der Waals surface area contributed by atoms with Gasteiger partial charge in [-0.15, -0.1) is 0 Å². The number of benzene rings is 2. The van der Waals surface area contributed by atoms with Crippen LogP contribution >= 0.6 is 39.1 Å². The van der Waals surface area contributed by atoms with Gasteiger partial charge >= 0.3 is 5.97 Å². The van der Waals surface area contributed by atoms with Crippen molar-refractivity contribution in [1.29, 1.82) is 0 Å². The highest BCUT2D eigenvalue weighted by atomic mass is 79.9. The fourth-order valence-corrected chi connectivity index (χ4v) is 5.86. The summed E-state index contributed by atoms with van der Waals surface area (Å²) in [6.07, 6.45) is 1.86. The van der Waals surface area contributed by atoms with E-state index in [2.05, 4.69) is 47.2 Å². The van der Waals surface area contributed by atoms with Crippen molar-refractivity contribution < 1.29 is 14.4 Å². The van der Waals surface area contributed by atoms with Crippen LogP contribution in [-0.4, -0.2) is 17.6 Å². The van der Waals surface area contributed by atoms with E-state index in [1.165, 1.54) is 0 Å². The van der Waals surface area contributed by atoms with E-state index in [-0.39, 0.29) is 11.3 Å². The summed E-state index contributed by atoms with van der Waals surface area (Å²) in [6.45, 7) is 6.24. The van der Waals surface area contributed by atoms with Crippen molar-refractivity contribution in [2.45, 2.75) is 40.0 Å². The minimum atomic E-state index is -0.715. The van der Waals surface area contributed by atoms with E-state index < -0.39 is 16.8 Å². The normalized spacial score (nSPS) is 26.9. The molecule has 2 aliphatic carbocycles. The molecule has 0 spiro atoms. The molecule has 8 heteroatoms. The third kappa shape index (κ3) is 3.47. The van der Waals surface area contributed by atoms with Gasteiger partial charge < -0.3 is 10.2 Å². The van der Waals surface area contributed by atoms with E-state index in [9.17, 15) is 9.59 Å². The number of halogens is 3. The molecule has 2 atom stereocenters. The van der Waals surface area contributed by atoms with Gasteiger partial charge in [-0.05, 0) is 54.7 Å². The Hall–Kier alpha value is -1.89. The van der Waals surface area contributed by atoms with Crippen molar-refractivity contribution in [2.24, 2.45) is 21.4 Å². The van der Waals surface area contributed by atoms with Crippen LogP contribution in [0.2, 0.25) is 10.0 Å². The molecule has 2 aromatic carbocycles. The summed E-state index contributed by atoms with van der Waals surface area (Å²) in [4.78, 5) is 31.4. The predicted molar refractivity (Wildman–Crippen MR) is 130 cm³/mol. The Bertz CT molecular complexity index is 1110. The average Bonchev–Trinajstić information content (AvgIpc) is 3.05. The molecule has 1 amide bonds. The first-order chi connectivity index (χ1) is 15.0. The Morgan fingerprint density at radius 2 is 1.66 bits per heavy atom. The number of hydrogen-bond donors (Lipinski definition) is 1. The molecule has 0 saturated heterocycles. The van der Waals surface area contributed by atoms with Gasteiger partial charge in [0.15, 0.2) is 0 Å². The van der Waals surface area contributed by atoms with Gasteiger partial charge in [0.1, 0.15) is 0 Å². The van der Waals surface area contributed by atoms with Gasteiger partial charge in [-0.25, -0.2) is 4.79 Å². The average molecular weight is 538 g/mol.